The molecule has 0 fully saturated rings. The number of hydrogen-bond acceptors (Lipinski definition) is 4. The maximum atomic E-state index is 12.9. The maximum absolute atomic E-state index is 12.9. The molecule has 0 amide bonds. The predicted molar refractivity (Wildman–Crippen MR) is 149 cm³/mol. The fourth-order valence-electron chi connectivity index (χ4n) is 3.94. The molecule has 0 saturated carbocycles. The van der Waals surface area contributed by atoms with Gasteiger partial charge < -0.3 is 9.47 Å². The number of ether oxygens (including phenoxy) is 2. The molecule has 0 aliphatic rings. The standard InChI is InChI=1S/C34H26O4/c1-23-3-7-25(8-4-23)33(35)26-9-19-31(20-10-26)38-32-21-13-28(14-22-32)34(36)27-11-17-30(18-12-27)37-29-15-5-24(2)6-16-29/h3-22H,1-2H3. The summed E-state index contributed by atoms with van der Waals surface area (Å²) in [5.74, 6) is 2.50. The summed E-state index contributed by atoms with van der Waals surface area (Å²) < 4.78 is 11.8. The van der Waals surface area contributed by atoms with Crippen LogP contribution in [0.5, 0.6) is 23.0 Å². The number of rotatable bonds is 8. The lowest BCUT2D eigenvalue weighted by molar-refractivity contribution is 0.103. The Kier molecular flexibility index (Phi) is 7.14. The zero-order chi connectivity index (χ0) is 26.5. The van der Waals surface area contributed by atoms with Gasteiger partial charge in [-0.05, 0) is 98.8 Å². The van der Waals surface area contributed by atoms with E-state index in [-0.39, 0.29) is 11.6 Å². The third-order valence-electron chi connectivity index (χ3n) is 6.16. The minimum Gasteiger partial charge on any atom is -0.457 e. The first-order valence-corrected chi connectivity index (χ1v) is 12.3. The molecule has 0 bridgehead atoms. The summed E-state index contributed by atoms with van der Waals surface area (Å²) >= 11 is 0. The minimum absolute atomic E-state index is 0.0332. The van der Waals surface area contributed by atoms with E-state index in [1.54, 1.807) is 72.8 Å². The van der Waals surface area contributed by atoms with Crippen LogP contribution in [0.1, 0.15) is 43.0 Å². The van der Waals surface area contributed by atoms with E-state index >= 15 is 0 Å². The number of ketones is 2. The van der Waals surface area contributed by atoms with E-state index in [1.807, 2.05) is 62.4 Å². The monoisotopic (exact) mass is 498 g/mol. The van der Waals surface area contributed by atoms with Crippen LogP contribution in [0, 0.1) is 13.8 Å². The highest BCUT2D eigenvalue weighted by Gasteiger charge is 2.11. The highest BCUT2D eigenvalue weighted by Crippen LogP contribution is 2.25. The number of benzene rings is 5. The van der Waals surface area contributed by atoms with E-state index in [2.05, 4.69) is 0 Å². The Morgan fingerprint density at radius 2 is 0.579 bits per heavy atom. The Morgan fingerprint density at radius 1 is 0.368 bits per heavy atom. The molecule has 5 aromatic rings. The summed E-state index contributed by atoms with van der Waals surface area (Å²) in [7, 11) is 0. The highest BCUT2D eigenvalue weighted by molar-refractivity contribution is 6.09. The number of aryl methyl sites for hydroxylation is 2. The number of hydrogen-bond donors (Lipinski definition) is 0. The Morgan fingerprint density at radius 3 is 0.868 bits per heavy atom. The molecule has 0 atom stereocenters. The van der Waals surface area contributed by atoms with Gasteiger partial charge in [0.25, 0.3) is 0 Å². The molecule has 186 valence electrons. The second-order valence-electron chi connectivity index (χ2n) is 9.11. The van der Waals surface area contributed by atoms with Gasteiger partial charge in [-0.2, -0.15) is 0 Å². The van der Waals surface area contributed by atoms with Gasteiger partial charge in [0.15, 0.2) is 11.6 Å². The van der Waals surface area contributed by atoms with Crippen molar-refractivity contribution in [3.63, 3.8) is 0 Å². The molecule has 0 saturated heterocycles. The van der Waals surface area contributed by atoms with Crippen molar-refractivity contribution in [2.75, 3.05) is 0 Å². The van der Waals surface area contributed by atoms with Crippen LogP contribution in [0.2, 0.25) is 0 Å². The molecule has 5 aromatic carbocycles. The molecule has 38 heavy (non-hydrogen) atoms. The van der Waals surface area contributed by atoms with Crippen LogP contribution >= 0.6 is 0 Å². The van der Waals surface area contributed by atoms with Gasteiger partial charge in [-0.1, -0.05) is 47.5 Å². The average molecular weight is 499 g/mol. The lowest BCUT2D eigenvalue weighted by Gasteiger charge is -2.09. The smallest absolute Gasteiger partial charge is 0.193 e. The van der Waals surface area contributed by atoms with E-state index in [1.165, 1.54) is 0 Å². The Labute approximate surface area is 222 Å². The molecule has 0 radical (unpaired) electrons. The fourth-order valence-corrected chi connectivity index (χ4v) is 3.94. The first-order valence-electron chi connectivity index (χ1n) is 12.3. The zero-order valence-corrected chi connectivity index (χ0v) is 21.2. The Hall–Kier alpha value is -4.96. The van der Waals surface area contributed by atoms with Crippen LogP contribution in [-0.2, 0) is 0 Å². The lowest BCUT2D eigenvalue weighted by Crippen LogP contribution is -2.01. The topological polar surface area (TPSA) is 52.6 Å². The normalized spacial score (nSPS) is 10.6. The molecular weight excluding hydrogens is 472 g/mol. The van der Waals surface area contributed by atoms with Gasteiger partial charge in [-0.15, -0.1) is 0 Å². The molecule has 4 heteroatoms. The van der Waals surface area contributed by atoms with Gasteiger partial charge >= 0.3 is 0 Å². The second-order valence-corrected chi connectivity index (χ2v) is 9.11. The summed E-state index contributed by atoms with van der Waals surface area (Å²) in [5, 5.41) is 0. The Bertz CT molecular complexity index is 1550. The largest absolute Gasteiger partial charge is 0.457 e. The zero-order valence-electron chi connectivity index (χ0n) is 21.2. The molecule has 0 spiro atoms. The molecular formula is C34H26O4. The van der Waals surface area contributed by atoms with E-state index < -0.39 is 0 Å². The van der Waals surface area contributed by atoms with Crippen LogP contribution in [-0.4, -0.2) is 11.6 Å². The van der Waals surface area contributed by atoms with Crippen LogP contribution in [0.25, 0.3) is 0 Å². The molecule has 5 rings (SSSR count). The van der Waals surface area contributed by atoms with Crippen molar-refractivity contribution < 1.29 is 19.1 Å². The SMILES string of the molecule is Cc1ccc(Oc2ccc(C(=O)c3ccc(Oc4ccc(C(=O)c5ccc(C)cc5)cc4)cc3)cc2)cc1. The van der Waals surface area contributed by atoms with Crippen molar-refractivity contribution in [2.45, 2.75) is 13.8 Å². The van der Waals surface area contributed by atoms with E-state index in [4.69, 9.17) is 9.47 Å². The molecule has 0 unspecified atom stereocenters. The van der Waals surface area contributed by atoms with Crippen LogP contribution < -0.4 is 9.47 Å². The first-order chi connectivity index (χ1) is 18.4. The van der Waals surface area contributed by atoms with Crippen LogP contribution in [0.15, 0.2) is 121 Å². The number of carbonyl (C=O) groups excluding carboxylic acids is 2. The summed E-state index contributed by atoms with van der Waals surface area (Å²) in [6, 6.07) is 36.4. The first kappa shape index (κ1) is 24.7. The lowest BCUT2D eigenvalue weighted by atomic mass is 10.0. The van der Waals surface area contributed by atoms with E-state index in [9.17, 15) is 9.59 Å². The van der Waals surface area contributed by atoms with Gasteiger partial charge in [0, 0.05) is 22.3 Å². The van der Waals surface area contributed by atoms with Crippen molar-refractivity contribution in [3.05, 3.63) is 155 Å². The van der Waals surface area contributed by atoms with Crippen molar-refractivity contribution in [3.8, 4) is 23.0 Å². The van der Waals surface area contributed by atoms with Crippen molar-refractivity contribution >= 4 is 11.6 Å². The second kappa shape index (κ2) is 11.0. The molecule has 0 N–H and O–H groups in total. The number of carbonyl (C=O) groups is 2. The quantitative estimate of drug-likeness (QED) is 0.202. The summed E-state index contributed by atoms with van der Waals surface area (Å²) in [4.78, 5) is 25.6. The third-order valence-corrected chi connectivity index (χ3v) is 6.16. The van der Waals surface area contributed by atoms with Crippen molar-refractivity contribution in [2.24, 2.45) is 0 Å². The van der Waals surface area contributed by atoms with E-state index in [0.29, 0.717) is 39.5 Å². The van der Waals surface area contributed by atoms with Gasteiger partial charge in [0.2, 0.25) is 0 Å². The summed E-state index contributed by atoms with van der Waals surface area (Å²) in [6.07, 6.45) is 0. The molecule has 4 nitrogen and oxygen atoms in total. The Balaban J connectivity index is 1.20. The van der Waals surface area contributed by atoms with E-state index in [0.717, 1.165) is 16.9 Å². The van der Waals surface area contributed by atoms with Crippen molar-refractivity contribution in [1.29, 1.82) is 0 Å². The van der Waals surface area contributed by atoms with Gasteiger partial charge in [-0.3, -0.25) is 9.59 Å². The van der Waals surface area contributed by atoms with Gasteiger partial charge in [0.1, 0.15) is 23.0 Å². The average Bonchev–Trinajstić information content (AvgIpc) is 2.95. The maximum Gasteiger partial charge on any atom is 0.193 e. The van der Waals surface area contributed by atoms with Crippen molar-refractivity contribution in [1.82, 2.24) is 0 Å². The molecule has 0 heterocycles. The van der Waals surface area contributed by atoms with Gasteiger partial charge in [0.05, 0.1) is 0 Å². The highest BCUT2D eigenvalue weighted by atomic mass is 16.5. The summed E-state index contributed by atoms with van der Waals surface area (Å²) in [5.41, 5.74) is 4.65. The summed E-state index contributed by atoms with van der Waals surface area (Å²) in [6.45, 7) is 4.01. The van der Waals surface area contributed by atoms with Gasteiger partial charge in [-0.25, -0.2) is 0 Å². The predicted octanol–water partition coefficient (Wildman–Crippen LogP) is 8.35. The fraction of sp³-hybridized carbons (Fsp3) is 0.0588. The minimum atomic E-state index is -0.0857. The molecule has 0 aliphatic heterocycles. The molecule has 0 aliphatic carbocycles. The molecule has 0 aromatic heterocycles. The van der Waals surface area contributed by atoms with Crippen LogP contribution in [0.4, 0.5) is 0 Å². The van der Waals surface area contributed by atoms with Crippen LogP contribution in [0.3, 0.4) is 0 Å². The third kappa shape index (κ3) is 5.88.